The molecule has 4 aliphatic carbocycles. The van der Waals surface area contributed by atoms with Gasteiger partial charge < -0.3 is 9.30 Å². The quantitative estimate of drug-likeness (QED) is 0.221. The summed E-state index contributed by atoms with van der Waals surface area (Å²) in [5.41, 5.74) is 8.94. The zero-order valence-electron chi connectivity index (χ0n) is 23.7. The van der Waals surface area contributed by atoms with Crippen LogP contribution in [0.4, 0.5) is 0 Å². The lowest BCUT2D eigenvalue weighted by molar-refractivity contribution is -0.0312. The van der Waals surface area contributed by atoms with Crippen LogP contribution in [0.1, 0.15) is 72.6 Å². The molecular formula is C35H44N2O. The highest BCUT2D eigenvalue weighted by atomic mass is 16.5. The van der Waals surface area contributed by atoms with Crippen LogP contribution in [0.15, 0.2) is 79.0 Å². The number of rotatable bonds is 6. The van der Waals surface area contributed by atoms with Gasteiger partial charge in [0, 0.05) is 23.5 Å². The first-order chi connectivity index (χ1) is 18.3. The lowest BCUT2D eigenvalue weighted by Gasteiger charge is -2.57. The predicted molar refractivity (Wildman–Crippen MR) is 157 cm³/mol. The number of ether oxygens (including phenoxy) is 1. The van der Waals surface area contributed by atoms with Crippen molar-refractivity contribution in [3.05, 3.63) is 79.0 Å². The summed E-state index contributed by atoms with van der Waals surface area (Å²) in [6.07, 6.45) is 17.8. The first-order valence-electron chi connectivity index (χ1n) is 14.8. The lowest BCUT2D eigenvalue weighted by Crippen LogP contribution is -2.50. The molecule has 0 amide bonds. The number of hydrogen-bond donors (Lipinski definition) is 0. The van der Waals surface area contributed by atoms with Crippen molar-refractivity contribution in [2.24, 2.45) is 40.4 Å². The van der Waals surface area contributed by atoms with Gasteiger partial charge in [-0.2, -0.15) is 0 Å². The maximum atomic E-state index is 6.52. The van der Waals surface area contributed by atoms with E-state index in [0.717, 1.165) is 36.0 Å². The third-order valence-electron chi connectivity index (χ3n) is 11.0. The normalized spacial score (nSPS) is 34.9. The second kappa shape index (κ2) is 9.45. The summed E-state index contributed by atoms with van der Waals surface area (Å²) in [4.78, 5) is 4.72. The molecule has 3 nitrogen and oxygen atoms in total. The van der Waals surface area contributed by atoms with Crippen molar-refractivity contribution in [1.29, 1.82) is 0 Å². The Morgan fingerprint density at radius 2 is 1.89 bits per heavy atom. The number of imidazole rings is 1. The van der Waals surface area contributed by atoms with Crippen molar-refractivity contribution in [2.45, 2.75) is 78.7 Å². The highest BCUT2D eigenvalue weighted by Gasteiger charge is 2.57. The molecule has 3 heteroatoms. The zero-order valence-corrected chi connectivity index (χ0v) is 23.7. The van der Waals surface area contributed by atoms with Gasteiger partial charge in [-0.3, -0.25) is 0 Å². The number of benzene rings is 1. The molecule has 0 bridgehead atoms. The smallest absolute Gasteiger partial charge is 0.102 e. The molecule has 1 aromatic heterocycles. The standard InChI is InChI=1S/C35H44N2O/c1-7-10-27(23(2)3)24(4)38-26-17-19-34(5)25(21-26)13-14-28-29-15-16-33(35(29,6)20-18-30(28)34)37-22-36-31-11-8-9-12-32(31)37/h8-13,16,22-23,26-30H,1,4,14-15,17-21H2,2-3,5-6H3/t26-,27?,28?,29?,30?,34-,35-/m0/s1. The van der Waals surface area contributed by atoms with Gasteiger partial charge in [-0.05, 0) is 85.8 Å². The molecule has 0 N–H and O–H groups in total. The minimum Gasteiger partial charge on any atom is -0.494 e. The lowest BCUT2D eigenvalue weighted by atomic mass is 9.47. The fourth-order valence-electron chi connectivity index (χ4n) is 8.87. The average Bonchev–Trinajstić information content (AvgIpc) is 3.47. The molecule has 38 heavy (non-hydrogen) atoms. The summed E-state index contributed by atoms with van der Waals surface area (Å²) in [7, 11) is 0. The van der Waals surface area contributed by atoms with E-state index in [1.165, 1.54) is 43.3 Å². The maximum absolute atomic E-state index is 6.52. The Balaban J connectivity index is 1.21. The highest BCUT2D eigenvalue weighted by Crippen LogP contribution is 2.66. The fourth-order valence-corrected chi connectivity index (χ4v) is 8.87. The van der Waals surface area contributed by atoms with Crippen molar-refractivity contribution >= 4 is 16.7 Å². The van der Waals surface area contributed by atoms with Crippen molar-refractivity contribution < 1.29 is 4.74 Å². The van der Waals surface area contributed by atoms with Crippen molar-refractivity contribution in [1.82, 2.24) is 9.55 Å². The summed E-state index contributed by atoms with van der Waals surface area (Å²) >= 11 is 0. The molecule has 1 aromatic carbocycles. The monoisotopic (exact) mass is 508 g/mol. The molecule has 4 unspecified atom stereocenters. The van der Waals surface area contributed by atoms with E-state index in [-0.39, 0.29) is 17.4 Å². The van der Waals surface area contributed by atoms with Crippen LogP contribution in [0.2, 0.25) is 0 Å². The Kier molecular flexibility index (Phi) is 6.35. The third-order valence-corrected chi connectivity index (χ3v) is 11.0. The molecule has 2 aromatic rings. The number of aromatic nitrogens is 2. The minimum atomic E-state index is 0.179. The van der Waals surface area contributed by atoms with Crippen LogP contribution >= 0.6 is 0 Å². The van der Waals surface area contributed by atoms with Crippen LogP contribution < -0.4 is 0 Å². The zero-order chi connectivity index (χ0) is 26.7. The summed E-state index contributed by atoms with van der Waals surface area (Å²) in [5.74, 6) is 3.72. The molecule has 0 radical (unpaired) electrons. The molecule has 0 saturated heterocycles. The Morgan fingerprint density at radius 1 is 1.11 bits per heavy atom. The van der Waals surface area contributed by atoms with E-state index in [1.807, 2.05) is 6.08 Å². The van der Waals surface area contributed by atoms with Crippen LogP contribution in [0.5, 0.6) is 0 Å². The first kappa shape index (κ1) is 25.5. The Hall–Kier alpha value is -2.77. The van der Waals surface area contributed by atoms with Gasteiger partial charge in [-0.15, -0.1) is 5.73 Å². The summed E-state index contributed by atoms with van der Waals surface area (Å²) in [5, 5.41) is 0. The number of para-hydroxylation sites is 2. The molecule has 1 heterocycles. The second-order valence-corrected chi connectivity index (χ2v) is 13.2. The molecule has 2 fully saturated rings. The fraction of sp³-hybridized carbons (Fsp3) is 0.543. The summed E-state index contributed by atoms with van der Waals surface area (Å²) < 4.78 is 8.91. The molecule has 7 atom stereocenters. The van der Waals surface area contributed by atoms with Gasteiger partial charge in [0.1, 0.15) is 12.4 Å². The average molecular weight is 509 g/mol. The van der Waals surface area contributed by atoms with Crippen molar-refractivity contribution in [3.63, 3.8) is 0 Å². The first-order valence-corrected chi connectivity index (χ1v) is 14.8. The Labute approximate surface area is 229 Å². The van der Waals surface area contributed by atoms with Gasteiger partial charge >= 0.3 is 0 Å². The van der Waals surface area contributed by atoms with Crippen LogP contribution in [0.3, 0.4) is 0 Å². The van der Waals surface area contributed by atoms with Crippen molar-refractivity contribution in [3.8, 4) is 0 Å². The van der Waals surface area contributed by atoms with Gasteiger partial charge in [-0.1, -0.05) is 70.7 Å². The van der Waals surface area contributed by atoms with Crippen LogP contribution in [-0.2, 0) is 4.74 Å². The van der Waals surface area contributed by atoms with Gasteiger partial charge in [0.15, 0.2) is 0 Å². The van der Waals surface area contributed by atoms with E-state index < -0.39 is 0 Å². The maximum Gasteiger partial charge on any atom is 0.102 e. The largest absolute Gasteiger partial charge is 0.494 e. The molecule has 6 rings (SSSR count). The SMILES string of the molecule is C=C=CC(C(=C)O[C@H]1CC[C@@]2(C)C(=CCC3C2CC[C@]2(C)C(n4cnc5ccccc54)=CCC32)C1)C(C)C. The molecule has 4 aliphatic rings. The predicted octanol–water partition coefficient (Wildman–Crippen LogP) is 8.96. The molecule has 200 valence electrons. The number of hydrogen-bond acceptors (Lipinski definition) is 2. The van der Waals surface area contributed by atoms with Crippen LogP contribution in [-0.4, -0.2) is 15.7 Å². The van der Waals surface area contributed by atoms with E-state index in [2.05, 4.69) is 93.9 Å². The Bertz CT molecular complexity index is 1350. The molecule has 0 spiro atoms. The van der Waals surface area contributed by atoms with Crippen LogP contribution in [0, 0.1) is 40.4 Å². The molecular weight excluding hydrogens is 464 g/mol. The number of nitrogens with zero attached hydrogens (tertiary/aromatic N) is 2. The van der Waals surface area contributed by atoms with Gasteiger partial charge in [0.2, 0.25) is 0 Å². The molecule has 0 aliphatic heterocycles. The number of allylic oxidation sites excluding steroid dienone is 4. The van der Waals surface area contributed by atoms with E-state index >= 15 is 0 Å². The topological polar surface area (TPSA) is 27.1 Å². The van der Waals surface area contributed by atoms with Gasteiger partial charge in [-0.25, -0.2) is 4.98 Å². The third kappa shape index (κ3) is 3.89. The van der Waals surface area contributed by atoms with E-state index in [0.29, 0.717) is 17.3 Å². The summed E-state index contributed by atoms with van der Waals surface area (Å²) in [6, 6.07) is 8.56. The second-order valence-electron chi connectivity index (χ2n) is 13.2. The van der Waals surface area contributed by atoms with Crippen LogP contribution in [0.25, 0.3) is 16.7 Å². The summed E-state index contributed by atoms with van der Waals surface area (Å²) in [6.45, 7) is 17.6. The van der Waals surface area contributed by atoms with Crippen molar-refractivity contribution in [2.75, 3.05) is 0 Å². The molecule has 2 saturated carbocycles. The minimum absolute atomic E-state index is 0.179. The number of fused-ring (bicyclic) bond motifs is 6. The van der Waals surface area contributed by atoms with E-state index in [4.69, 9.17) is 9.72 Å². The highest BCUT2D eigenvalue weighted by molar-refractivity contribution is 5.80. The Morgan fingerprint density at radius 3 is 2.68 bits per heavy atom. The van der Waals surface area contributed by atoms with E-state index in [9.17, 15) is 0 Å². The van der Waals surface area contributed by atoms with Gasteiger partial charge in [0.05, 0.1) is 16.8 Å². The van der Waals surface area contributed by atoms with Gasteiger partial charge in [0.25, 0.3) is 0 Å². The van der Waals surface area contributed by atoms with E-state index in [1.54, 1.807) is 5.57 Å².